The Labute approximate surface area is 148 Å². The average molecular weight is 343 g/mol. The van der Waals surface area contributed by atoms with Crippen LogP contribution in [0.5, 0.6) is 5.75 Å². The summed E-state index contributed by atoms with van der Waals surface area (Å²) in [7, 11) is 3.44. The molecule has 1 aliphatic rings. The average Bonchev–Trinajstić information content (AvgIpc) is 3.41. The van der Waals surface area contributed by atoms with Gasteiger partial charge in [-0.25, -0.2) is 4.79 Å². The van der Waals surface area contributed by atoms with Gasteiger partial charge in [0.2, 0.25) is 0 Å². The van der Waals surface area contributed by atoms with E-state index in [0.29, 0.717) is 12.5 Å². The SMILES string of the molecule is COc1ccc(C(NC(=O)N(C)Cc2c(C)noc2C)C2CC2)cc1. The number of benzene rings is 1. The van der Waals surface area contributed by atoms with Gasteiger partial charge in [-0.3, -0.25) is 0 Å². The predicted octanol–water partition coefficient (Wildman–Crippen LogP) is 3.59. The summed E-state index contributed by atoms with van der Waals surface area (Å²) in [5.74, 6) is 2.08. The van der Waals surface area contributed by atoms with Gasteiger partial charge in [0.1, 0.15) is 11.5 Å². The molecule has 1 fully saturated rings. The van der Waals surface area contributed by atoms with Crippen molar-refractivity contribution >= 4 is 6.03 Å². The van der Waals surface area contributed by atoms with Crippen LogP contribution >= 0.6 is 0 Å². The molecule has 6 heteroatoms. The van der Waals surface area contributed by atoms with E-state index in [-0.39, 0.29) is 12.1 Å². The summed E-state index contributed by atoms with van der Waals surface area (Å²) in [4.78, 5) is 14.3. The molecule has 0 spiro atoms. The number of aromatic nitrogens is 1. The number of hydrogen-bond acceptors (Lipinski definition) is 4. The first-order valence-electron chi connectivity index (χ1n) is 8.57. The standard InChI is InChI=1S/C19H25N3O3/c1-12-17(13(2)25-21-12)11-22(3)19(23)20-18(14-5-6-14)15-7-9-16(24-4)10-8-15/h7-10,14,18H,5-6,11H2,1-4H3,(H,20,23). The number of ether oxygens (including phenoxy) is 1. The van der Waals surface area contributed by atoms with Crippen molar-refractivity contribution in [3.63, 3.8) is 0 Å². The number of nitrogens with one attached hydrogen (secondary N) is 1. The molecule has 1 atom stereocenters. The minimum absolute atomic E-state index is 0.0329. The first-order chi connectivity index (χ1) is 12.0. The lowest BCUT2D eigenvalue weighted by atomic mass is 10.0. The maximum atomic E-state index is 12.7. The molecule has 0 saturated heterocycles. The van der Waals surface area contributed by atoms with E-state index in [2.05, 4.69) is 10.5 Å². The number of rotatable bonds is 6. The number of nitrogens with zero attached hydrogens (tertiary/aromatic N) is 2. The fraction of sp³-hybridized carbons (Fsp3) is 0.474. The molecule has 0 aliphatic heterocycles. The van der Waals surface area contributed by atoms with Crippen molar-refractivity contribution in [2.45, 2.75) is 39.3 Å². The monoisotopic (exact) mass is 343 g/mol. The molecule has 3 rings (SSSR count). The third-order valence-corrected chi connectivity index (χ3v) is 4.77. The molecule has 2 aromatic rings. The van der Waals surface area contributed by atoms with Crippen molar-refractivity contribution in [3.8, 4) is 5.75 Å². The van der Waals surface area contributed by atoms with Gasteiger partial charge in [-0.15, -0.1) is 0 Å². The maximum absolute atomic E-state index is 12.7. The van der Waals surface area contributed by atoms with Gasteiger partial charge < -0.3 is 19.5 Å². The van der Waals surface area contributed by atoms with Crippen LogP contribution in [-0.2, 0) is 6.54 Å². The van der Waals surface area contributed by atoms with Crippen molar-refractivity contribution in [3.05, 3.63) is 46.8 Å². The van der Waals surface area contributed by atoms with Crippen molar-refractivity contribution in [2.24, 2.45) is 5.92 Å². The highest BCUT2D eigenvalue weighted by Gasteiger charge is 2.34. The Balaban J connectivity index is 1.68. The Morgan fingerprint density at radius 2 is 2.04 bits per heavy atom. The molecule has 1 unspecified atom stereocenters. The quantitative estimate of drug-likeness (QED) is 0.870. The molecule has 1 saturated carbocycles. The largest absolute Gasteiger partial charge is 0.497 e. The van der Waals surface area contributed by atoms with Crippen LogP contribution in [0.4, 0.5) is 4.79 Å². The second kappa shape index (κ2) is 7.17. The Hall–Kier alpha value is -2.50. The molecule has 1 aromatic heterocycles. The number of hydrogen-bond donors (Lipinski definition) is 1. The van der Waals surface area contributed by atoms with Gasteiger partial charge in [-0.1, -0.05) is 17.3 Å². The van der Waals surface area contributed by atoms with Gasteiger partial charge in [0.15, 0.2) is 0 Å². The minimum atomic E-state index is -0.0901. The van der Waals surface area contributed by atoms with Crippen molar-refractivity contribution < 1.29 is 14.1 Å². The molecule has 134 valence electrons. The lowest BCUT2D eigenvalue weighted by Gasteiger charge is -2.24. The van der Waals surface area contributed by atoms with Crippen LogP contribution in [0.2, 0.25) is 0 Å². The van der Waals surface area contributed by atoms with E-state index in [0.717, 1.165) is 41.2 Å². The summed E-state index contributed by atoms with van der Waals surface area (Å²) in [5.41, 5.74) is 2.90. The van der Waals surface area contributed by atoms with E-state index in [1.807, 2.05) is 38.1 Å². The topological polar surface area (TPSA) is 67.6 Å². The van der Waals surface area contributed by atoms with Gasteiger partial charge in [0.05, 0.1) is 25.4 Å². The molecule has 0 radical (unpaired) electrons. The summed E-state index contributed by atoms with van der Waals surface area (Å²) < 4.78 is 10.4. The Kier molecular flexibility index (Phi) is 4.97. The van der Waals surface area contributed by atoms with Gasteiger partial charge in [0, 0.05) is 12.6 Å². The zero-order valence-electron chi connectivity index (χ0n) is 15.2. The third kappa shape index (κ3) is 3.95. The van der Waals surface area contributed by atoms with Crippen molar-refractivity contribution in [1.82, 2.24) is 15.4 Å². The van der Waals surface area contributed by atoms with Crippen LogP contribution in [0, 0.1) is 19.8 Å². The zero-order chi connectivity index (χ0) is 18.0. The first kappa shape index (κ1) is 17.3. The smallest absolute Gasteiger partial charge is 0.317 e. The van der Waals surface area contributed by atoms with Gasteiger partial charge in [0.25, 0.3) is 0 Å². The molecule has 1 heterocycles. The minimum Gasteiger partial charge on any atom is -0.497 e. The van der Waals surface area contributed by atoms with Crippen LogP contribution < -0.4 is 10.1 Å². The van der Waals surface area contributed by atoms with E-state index in [1.165, 1.54) is 0 Å². The second-order valence-corrected chi connectivity index (χ2v) is 6.70. The van der Waals surface area contributed by atoms with Gasteiger partial charge in [-0.05, 0) is 50.3 Å². The summed E-state index contributed by atoms with van der Waals surface area (Å²) in [6.45, 7) is 4.24. The second-order valence-electron chi connectivity index (χ2n) is 6.70. The highest BCUT2D eigenvalue weighted by atomic mass is 16.5. The first-order valence-corrected chi connectivity index (χ1v) is 8.57. The Bertz CT molecular complexity index is 715. The molecule has 2 amide bonds. The molecule has 0 bridgehead atoms. The Morgan fingerprint density at radius 1 is 1.36 bits per heavy atom. The zero-order valence-corrected chi connectivity index (χ0v) is 15.2. The molecule has 1 aliphatic carbocycles. The van der Waals surface area contributed by atoms with E-state index >= 15 is 0 Å². The highest BCUT2D eigenvalue weighted by Crippen LogP contribution is 2.41. The summed E-state index contributed by atoms with van der Waals surface area (Å²) in [5, 5.41) is 7.13. The van der Waals surface area contributed by atoms with Gasteiger partial charge in [-0.2, -0.15) is 0 Å². The normalized spacial score (nSPS) is 14.9. The van der Waals surface area contributed by atoms with E-state index in [4.69, 9.17) is 9.26 Å². The predicted molar refractivity (Wildman–Crippen MR) is 94.4 cm³/mol. The molecule has 1 aromatic carbocycles. The number of carbonyl (C=O) groups excluding carboxylic acids is 1. The molecular formula is C19H25N3O3. The fourth-order valence-corrected chi connectivity index (χ4v) is 2.99. The summed E-state index contributed by atoms with van der Waals surface area (Å²) in [6, 6.07) is 7.86. The fourth-order valence-electron chi connectivity index (χ4n) is 2.99. The van der Waals surface area contributed by atoms with Crippen LogP contribution in [0.25, 0.3) is 0 Å². The summed E-state index contributed by atoms with van der Waals surface area (Å²) in [6.07, 6.45) is 2.29. The lowest BCUT2D eigenvalue weighted by molar-refractivity contribution is 0.201. The van der Waals surface area contributed by atoms with E-state index < -0.39 is 0 Å². The van der Waals surface area contributed by atoms with Crippen LogP contribution in [0.3, 0.4) is 0 Å². The van der Waals surface area contributed by atoms with Gasteiger partial charge >= 0.3 is 6.03 Å². The van der Waals surface area contributed by atoms with Crippen molar-refractivity contribution in [1.29, 1.82) is 0 Å². The number of aryl methyl sites for hydroxylation is 2. The Morgan fingerprint density at radius 3 is 2.56 bits per heavy atom. The number of urea groups is 1. The molecule has 1 N–H and O–H groups in total. The van der Waals surface area contributed by atoms with Crippen LogP contribution in [0.1, 0.15) is 41.5 Å². The molecule has 25 heavy (non-hydrogen) atoms. The van der Waals surface area contributed by atoms with E-state index in [9.17, 15) is 4.79 Å². The van der Waals surface area contributed by atoms with Crippen molar-refractivity contribution in [2.75, 3.05) is 14.2 Å². The number of carbonyl (C=O) groups is 1. The summed E-state index contributed by atoms with van der Waals surface area (Å²) >= 11 is 0. The molecule has 6 nitrogen and oxygen atoms in total. The van der Waals surface area contributed by atoms with Crippen LogP contribution in [-0.4, -0.2) is 30.2 Å². The number of amides is 2. The van der Waals surface area contributed by atoms with E-state index in [1.54, 1.807) is 19.1 Å². The third-order valence-electron chi connectivity index (χ3n) is 4.77. The molecular weight excluding hydrogens is 318 g/mol. The van der Waals surface area contributed by atoms with Crippen LogP contribution in [0.15, 0.2) is 28.8 Å². The maximum Gasteiger partial charge on any atom is 0.317 e. The number of methoxy groups -OCH3 is 1. The lowest BCUT2D eigenvalue weighted by Crippen LogP contribution is -2.39. The highest BCUT2D eigenvalue weighted by molar-refractivity contribution is 5.74.